The van der Waals surface area contributed by atoms with Crippen LogP contribution in [0.5, 0.6) is 0 Å². The summed E-state index contributed by atoms with van der Waals surface area (Å²) in [6.45, 7) is 5.21. The van der Waals surface area contributed by atoms with Gasteiger partial charge in [0.2, 0.25) is 5.91 Å². The van der Waals surface area contributed by atoms with Crippen LogP contribution in [0.4, 0.5) is 14.5 Å². The van der Waals surface area contributed by atoms with Crippen LogP contribution >= 0.6 is 0 Å². The van der Waals surface area contributed by atoms with E-state index in [2.05, 4.69) is 22.3 Å². The first kappa shape index (κ1) is 25.8. The number of unbranched alkanes of at least 4 members (excludes halogenated alkanes) is 1. The topological polar surface area (TPSA) is 35.6 Å². The summed E-state index contributed by atoms with van der Waals surface area (Å²) in [7, 11) is 0. The van der Waals surface area contributed by atoms with Gasteiger partial charge in [0.15, 0.2) is 0 Å². The van der Waals surface area contributed by atoms with Crippen LogP contribution in [0, 0.1) is 11.6 Å². The summed E-state index contributed by atoms with van der Waals surface area (Å²) in [6.07, 6.45) is 3.04. The van der Waals surface area contributed by atoms with Gasteiger partial charge in [0, 0.05) is 57.3 Å². The Hall–Kier alpha value is -3.25. The van der Waals surface area contributed by atoms with E-state index in [4.69, 9.17) is 0 Å². The number of nitrogens with one attached hydrogen (secondary N) is 1. The second-order valence-corrected chi connectivity index (χ2v) is 9.42. The van der Waals surface area contributed by atoms with E-state index in [1.54, 1.807) is 24.3 Å². The molecule has 0 aromatic heterocycles. The number of anilines is 1. The Labute approximate surface area is 212 Å². The number of para-hydroxylation sites is 1. The lowest BCUT2D eigenvalue weighted by molar-refractivity contribution is -0.133. The van der Waals surface area contributed by atoms with Gasteiger partial charge < -0.3 is 10.2 Å². The van der Waals surface area contributed by atoms with E-state index in [0.29, 0.717) is 6.42 Å². The Balaban J connectivity index is 1.18. The molecule has 1 amide bonds. The summed E-state index contributed by atoms with van der Waals surface area (Å²) in [5.41, 5.74) is 3.15. The Morgan fingerprint density at radius 1 is 0.778 bits per heavy atom. The monoisotopic (exact) mass is 491 g/mol. The van der Waals surface area contributed by atoms with Crippen LogP contribution in [0.25, 0.3) is 0 Å². The summed E-state index contributed by atoms with van der Waals surface area (Å²) < 4.78 is 26.9. The molecule has 0 spiro atoms. The molecule has 0 saturated carbocycles. The summed E-state index contributed by atoms with van der Waals surface area (Å²) in [5.74, 6) is -0.268. The zero-order valence-corrected chi connectivity index (χ0v) is 20.7. The van der Waals surface area contributed by atoms with Crippen LogP contribution in [0.3, 0.4) is 0 Å². The molecule has 3 aromatic carbocycles. The van der Waals surface area contributed by atoms with E-state index >= 15 is 0 Å². The third-order valence-electron chi connectivity index (χ3n) is 6.93. The Bertz CT molecular complexity index is 1020. The molecule has 190 valence electrons. The van der Waals surface area contributed by atoms with Crippen LogP contribution in [-0.4, -0.2) is 55.0 Å². The van der Waals surface area contributed by atoms with E-state index < -0.39 is 0 Å². The number of carbonyl (C=O) groups is 1. The maximum absolute atomic E-state index is 13.4. The van der Waals surface area contributed by atoms with Crippen molar-refractivity contribution in [3.05, 3.63) is 102 Å². The molecule has 4 nitrogen and oxygen atoms in total. The largest absolute Gasteiger partial charge is 0.384 e. The van der Waals surface area contributed by atoms with Gasteiger partial charge in [0.1, 0.15) is 11.6 Å². The highest BCUT2D eigenvalue weighted by Gasteiger charge is 2.21. The van der Waals surface area contributed by atoms with Gasteiger partial charge in [0.25, 0.3) is 0 Å². The molecule has 0 radical (unpaired) electrons. The molecule has 36 heavy (non-hydrogen) atoms. The first-order chi connectivity index (χ1) is 17.6. The lowest BCUT2D eigenvalue weighted by Crippen LogP contribution is -2.49. The quantitative estimate of drug-likeness (QED) is 0.339. The van der Waals surface area contributed by atoms with Crippen LogP contribution in [0.2, 0.25) is 0 Å². The van der Waals surface area contributed by atoms with Crippen molar-refractivity contribution in [1.29, 1.82) is 0 Å². The normalized spacial score (nSPS) is 14.2. The lowest BCUT2D eigenvalue weighted by atomic mass is 9.87. The van der Waals surface area contributed by atoms with E-state index in [9.17, 15) is 13.6 Å². The summed E-state index contributed by atoms with van der Waals surface area (Å²) in [4.78, 5) is 17.2. The molecule has 1 heterocycles. The highest BCUT2D eigenvalue weighted by atomic mass is 19.1. The maximum Gasteiger partial charge on any atom is 0.222 e. The van der Waals surface area contributed by atoms with Crippen molar-refractivity contribution in [3.8, 4) is 0 Å². The number of hydrogen-bond donors (Lipinski definition) is 1. The van der Waals surface area contributed by atoms with Crippen molar-refractivity contribution in [2.45, 2.75) is 31.6 Å². The van der Waals surface area contributed by atoms with E-state index in [-0.39, 0.29) is 23.5 Å². The second kappa shape index (κ2) is 13.2. The zero-order valence-electron chi connectivity index (χ0n) is 20.7. The molecule has 1 N–H and O–H groups in total. The number of carbonyl (C=O) groups excluding carboxylic acids is 1. The number of halogens is 2. The van der Waals surface area contributed by atoms with Crippen LogP contribution in [0.15, 0.2) is 78.9 Å². The SMILES string of the molecule is O=C(CCCCC(c1ccc(F)cc1)c1ccc(F)cc1)N1CCN(CCNc2ccccc2)CC1. The van der Waals surface area contributed by atoms with Crippen LogP contribution < -0.4 is 5.32 Å². The Kier molecular flexibility index (Phi) is 9.45. The van der Waals surface area contributed by atoms with E-state index in [1.165, 1.54) is 24.3 Å². The van der Waals surface area contributed by atoms with Gasteiger partial charge in [-0.2, -0.15) is 0 Å². The fourth-order valence-electron chi connectivity index (χ4n) is 4.83. The van der Waals surface area contributed by atoms with Gasteiger partial charge in [-0.25, -0.2) is 8.78 Å². The summed E-state index contributed by atoms with van der Waals surface area (Å²) in [5, 5.41) is 3.44. The van der Waals surface area contributed by atoms with Gasteiger partial charge in [-0.1, -0.05) is 48.9 Å². The summed E-state index contributed by atoms with van der Waals surface area (Å²) >= 11 is 0. The zero-order chi connectivity index (χ0) is 25.2. The minimum Gasteiger partial charge on any atom is -0.384 e. The Morgan fingerprint density at radius 2 is 1.36 bits per heavy atom. The number of rotatable bonds is 11. The summed E-state index contributed by atoms with van der Waals surface area (Å²) in [6, 6.07) is 23.2. The Morgan fingerprint density at radius 3 is 1.94 bits per heavy atom. The van der Waals surface area contributed by atoms with Gasteiger partial charge in [-0.15, -0.1) is 0 Å². The lowest BCUT2D eigenvalue weighted by Gasteiger charge is -2.35. The van der Waals surface area contributed by atoms with Crippen molar-refractivity contribution in [2.24, 2.45) is 0 Å². The molecule has 0 unspecified atom stereocenters. The average molecular weight is 492 g/mol. The molecule has 3 aromatic rings. The maximum atomic E-state index is 13.4. The minimum atomic E-state index is -0.269. The molecule has 1 aliphatic rings. The van der Waals surface area contributed by atoms with Crippen molar-refractivity contribution in [3.63, 3.8) is 0 Å². The van der Waals surface area contributed by atoms with Gasteiger partial charge in [-0.3, -0.25) is 9.69 Å². The smallest absolute Gasteiger partial charge is 0.222 e. The van der Waals surface area contributed by atoms with Crippen LogP contribution in [0.1, 0.15) is 42.7 Å². The van der Waals surface area contributed by atoms with E-state index in [0.717, 1.165) is 75.3 Å². The number of piperazine rings is 1. The van der Waals surface area contributed by atoms with Gasteiger partial charge in [-0.05, 0) is 60.4 Å². The van der Waals surface area contributed by atoms with Crippen molar-refractivity contribution >= 4 is 11.6 Å². The molecule has 1 fully saturated rings. The minimum absolute atomic E-state index is 0.0503. The van der Waals surface area contributed by atoms with Gasteiger partial charge >= 0.3 is 0 Å². The molecule has 4 rings (SSSR count). The van der Waals surface area contributed by atoms with Crippen molar-refractivity contribution in [1.82, 2.24) is 9.80 Å². The van der Waals surface area contributed by atoms with Crippen molar-refractivity contribution in [2.75, 3.05) is 44.6 Å². The number of amides is 1. The first-order valence-electron chi connectivity index (χ1n) is 12.9. The average Bonchev–Trinajstić information content (AvgIpc) is 2.91. The molecule has 1 saturated heterocycles. The predicted molar refractivity (Wildman–Crippen MR) is 141 cm³/mol. The third-order valence-corrected chi connectivity index (χ3v) is 6.93. The van der Waals surface area contributed by atoms with E-state index in [1.807, 2.05) is 23.1 Å². The van der Waals surface area contributed by atoms with Gasteiger partial charge in [0.05, 0.1) is 0 Å². The molecule has 0 aliphatic carbocycles. The molecule has 6 heteroatoms. The molecular weight excluding hydrogens is 456 g/mol. The molecule has 0 bridgehead atoms. The fraction of sp³-hybridized carbons (Fsp3) is 0.367. The molecular formula is C30H35F2N3O. The predicted octanol–water partition coefficient (Wildman–Crippen LogP) is 5.91. The standard InChI is InChI=1S/C30H35F2N3O/c31-26-14-10-24(11-15-26)29(25-12-16-27(32)17-13-25)8-4-5-9-30(36)35-22-20-34(21-23-35)19-18-33-28-6-2-1-3-7-28/h1-3,6-7,10-17,29,33H,4-5,8-9,18-23H2. The highest BCUT2D eigenvalue weighted by Crippen LogP contribution is 2.30. The second-order valence-electron chi connectivity index (χ2n) is 9.42. The first-order valence-corrected chi connectivity index (χ1v) is 12.9. The third kappa shape index (κ3) is 7.62. The van der Waals surface area contributed by atoms with Crippen LogP contribution in [-0.2, 0) is 4.79 Å². The number of hydrogen-bond acceptors (Lipinski definition) is 3. The fourth-order valence-corrected chi connectivity index (χ4v) is 4.83. The molecule has 1 aliphatic heterocycles. The van der Waals surface area contributed by atoms with Crippen molar-refractivity contribution < 1.29 is 13.6 Å². The number of nitrogens with zero attached hydrogens (tertiary/aromatic N) is 2. The number of benzene rings is 3. The highest BCUT2D eigenvalue weighted by molar-refractivity contribution is 5.76. The molecule has 0 atom stereocenters.